The summed E-state index contributed by atoms with van der Waals surface area (Å²) in [6.45, 7) is 22.8. The second kappa shape index (κ2) is 49.0. The number of hydrogen-bond donors (Lipinski definition) is 7. The summed E-state index contributed by atoms with van der Waals surface area (Å²) in [6, 6.07) is 34.4. The zero-order chi connectivity index (χ0) is 94.7. The van der Waals surface area contributed by atoms with Crippen LogP contribution in [0.3, 0.4) is 0 Å². The first-order valence-electron chi connectivity index (χ1n) is 47.7. The number of hydrogen-bond acceptors (Lipinski definition) is 23. The van der Waals surface area contributed by atoms with Crippen molar-refractivity contribution in [2.45, 2.75) is 194 Å². The van der Waals surface area contributed by atoms with Crippen molar-refractivity contribution in [2.24, 2.45) is 17.8 Å². The van der Waals surface area contributed by atoms with Crippen LogP contribution in [-0.4, -0.2) is 271 Å². The number of alkyl halides is 6. The summed E-state index contributed by atoms with van der Waals surface area (Å²) >= 11 is 1.39. The molecule has 134 heavy (non-hydrogen) atoms. The number of ether oxygens (including phenoxy) is 2. The highest BCUT2D eigenvalue weighted by atomic mass is 32.1. The minimum absolute atomic E-state index is 0.0573. The van der Waals surface area contributed by atoms with E-state index in [0.717, 1.165) is 169 Å². The van der Waals surface area contributed by atoms with E-state index in [2.05, 4.69) is 229 Å². The maximum atomic E-state index is 13.1. The monoisotopic (exact) mass is 1880 g/mol. The third-order valence-electron chi connectivity index (χ3n) is 26.2. The predicted octanol–water partition coefficient (Wildman–Crippen LogP) is 17.7. The van der Waals surface area contributed by atoms with E-state index in [1.807, 2.05) is 68.4 Å². The number of unbranched alkanes of at least 4 members (excludes halogenated alkanes) is 4. The van der Waals surface area contributed by atoms with Crippen molar-refractivity contribution in [2.75, 3.05) is 152 Å². The van der Waals surface area contributed by atoms with Crippen molar-refractivity contribution < 1.29 is 59.4 Å². The number of H-pyrrole nitrogens is 6. The first kappa shape index (κ1) is 101. The Hall–Kier alpha value is -10.9. The number of oxazole rings is 1. The first-order chi connectivity index (χ1) is 64.7. The number of Topliss-reactive ketones (excluding diaryl/α,β-unsaturated/α-hetero) is 3. The van der Waals surface area contributed by atoms with Gasteiger partial charge in [0.1, 0.15) is 0 Å². The Morgan fingerprint density at radius 1 is 0.478 bits per heavy atom. The number of piperazine rings is 4. The summed E-state index contributed by atoms with van der Waals surface area (Å²) < 4.78 is 86.5. The van der Waals surface area contributed by atoms with Gasteiger partial charge in [0.15, 0.2) is 34.8 Å². The van der Waals surface area contributed by atoms with Crippen LogP contribution in [0.5, 0.6) is 0 Å². The number of aromatic amines is 6. The van der Waals surface area contributed by atoms with Gasteiger partial charge in [0, 0.05) is 211 Å². The summed E-state index contributed by atoms with van der Waals surface area (Å²) in [5.41, 5.74) is 9.44. The second-order valence-corrected chi connectivity index (χ2v) is 37.1. The molecule has 4 aliphatic heterocycles. The molecule has 4 aliphatic rings. The van der Waals surface area contributed by atoms with Crippen molar-refractivity contribution in [3.63, 3.8) is 0 Å². The van der Waals surface area contributed by atoms with Gasteiger partial charge in [-0.15, -0.1) is 46.7 Å². The van der Waals surface area contributed by atoms with Crippen molar-refractivity contribution in [3.05, 3.63) is 173 Å². The molecule has 16 rings (SSSR count). The van der Waals surface area contributed by atoms with Gasteiger partial charge >= 0.3 is 12.7 Å². The highest BCUT2D eigenvalue weighted by Crippen LogP contribution is 2.33. The molecule has 0 saturated carbocycles. The molecule has 7 N–H and O–H groups in total. The molecule has 36 heteroatoms. The van der Waals surface area contributed by atoms with Crippen molar-refractivity contribution >= 4 is 101 Å². The summed E-state index contributed by atoms with van der Waals surface area (Å²) in [7, 11) is 4.28. The molecule has 1 amide bonds. The maximum Gasteiger partial charge on any atom is 0.522 e. The summed E-state index contributed by atoms with van der Waals surface area (Å²) in [5, 5.41) is 32.2. The first-order valence-corrected chi connectivity index (χ1v) is 48.6. The van der Waals surface area contributed by atoms with Crippen LogP contribution < -0.4 is 24.9 Å². The van der Waals surface area contributed by atoms with Gasteiger partial charge in [-0.2, -0.15) is 9.97 Å². The Morgan fingerprint density at radius 3 is 1.28 bits per heavy atom. The van der Waals surface area contributed by atoms with Crippen LogP contribution in [0.25, 0.3) is 43.6 Å². The van der Waals surface area contributed by atoms with E-state index in [9.17, 15) is 45.5 Å². The standard InChI is InChI=1S/C26H33F3N4O3.C25H33F3N6O2.C24H34N6O.C23H32N6OS/c1-2-3-6-19(15-20-17-30-22-8-5-4-7-21(20)22)16-23(34)24-18-31-25(36-24)33-11-9-32(10-12-33)13-14-35-26(27,28)29;1-2-3-6-18(15-19-17-29-21-8-5-4-7-20(19)21)16-22(35)23-30-24(32-31-23)34-11-9-33(10-12-34)13-14-36-25(26,27)28;1-4-5-8-18(13-19-15-25-21-10-7-6-9-20(19)21)14-22(31)23-26-24(28-27-23)30-12-11-29(3)17(2)16-30;1-4-5-8-18(13-17-14-24-20-10-7-6-9-19(17)20)25-21(30)22-26-27-23(31-22)29-12-11-28(3)16(2)15-29/h4-5,7-8,17-19,30H,2-3,6,9-16H2,1H3;4-5,7-8,17-18,29H,2-3,6,9-16H2,1H3,(H,30,31,32);6-7,9-10,15,17-18,25H,4-5,8,11-14,16H2,1-3H3,(H,26,27,28);6-7,9-10,14,16,18,24H,4-5,8,11-13,15H2,1-3H3,(H,25,30). The number of halogens is 6. The van der Waals surface area contributed by atoms with Gasteiger partial charge in [0.2, 0.25) is 22.0 Å². The minimum atomic E-state index is -4.60. The molecule has 0 aliphatic carbocycles. The lowest BCUT2D eigenvalue weighted by atomic mass is 9.89. The number of para-hydroxylation sites is 4. The van der Waals surface area contributed by atoms with Crippen molar-refractivity contribution in [3.8, 4) is 0 Å². The second-order valence-electron chi connectivity index (χ2n) is 36.1. The number of carbonyl (C=O) groups is 4. The van der Waals surface area contributed by atoms with Gasteiger partial charge in [0.05, 0.1) is 19.4 Å². The molecule has 4 saturated heterocycles. The fourth-order valence-corrected chi connectivity index (χ4v) is 18.9. The SMILES string of the molecule is CCCCC(CC(=O)c1cnc(N2CCN(CCOC(F)(F)F)CC2)o1)Cc1c[nH]c2ccccc12.CCCCC(CC(=O)c1nc(N2CCN(C)C(C)C2)n[nH]1)Cc1c[nH]c2ccccc12.CCCCC(CC(=O)c1nc(N2CCN(CCOC(F)(F)F)CC2)n[nH]1)Cc1c[nH]c2ccccc12.CCCCC(Cc1c[nH]c2ccccc12)NC(=O)c1nnc(N2CCN(C)C(C)C2)s1. The number of carbonyl (C=O) groups excluding carboxylic acids is 4. The van der Waals surface area contributed by atoms with E-state index in [0.29, 0.717) is 118 Å². The van der Waals surface area contributed by atoms with Crippen LogP contribution in [0, 0.1) is 17.8 Å². The van der Waals surface area contributed by atoms with Gasteiger partial charge in [-0.3, -0.25) is 48.6 Å². The molecule has 8 aromatic heterocycles. The molecular formula is C98H132F6N22O7S. The highest BCUT2D eigenvalue weighted by molar-refractivity contribution is 7.17. The van der Waals surface area contributed by atoms with E-state index in [1.165, 1.54) is 61.3 Å². The topological polar surface area (TPSA) is 323 Å². The molecule has 6 atom stereocenters. The predicted molar refractivity (Wildman–Crippen MR) is 514 cm³/mol. The van der Waals surface area contributed by atoms with Gasteiger partial charge < -0.3 is 59.1 Å². The Bertz CT molecular complexity index is 5290. The lowest BCUT2D eigenvalue weighted by molar-refractivity contribution is -0.325. The van der Waals surface area contributed by atoms with Crippen LogP contribution in [0.4, 0.5) is 49.4 Å². The Morgan fingerprint density at radius 2 is 0.858 bits per heavy atom. The Labute approximate surface area is 783 Å². The normalized spacial score (nSPS) is 17.2. The zero-order valence-electron chi connectivity index (χ0n) is 78.5. The summed E-state index contributed by atoms with van der Waals surface area (Å²) in [6.07, 6.45) is 17.7. The number of nitrogens with zero attached hydrogens (tertiary/aromatic N) is 15. The molecule has 12 heterocycles. The number of likely N-dealkylation sites (N-methyl/N-ethyl adjacent to an activating group) is 2. The van der Waals surface area contributed by atoms with Gasteiger partial charge in [0.25, 0.3) is 11.9 Å². The molecule has 0 spiro atoms. The number of anilines is 4. The minimum Gasteiger partial charge on any atom is -0.420 e. The lowest BCUT2D eigenvalue weighted by Crippen LogP contribution is -2.50. The number of ketones is 3. The molecular weight excluding hydrogens is 1740 g/mol. The third kappa shape index (κ3) is 29.1. The van der Waals surface area contributed by atoms with Crippen LogP contribution in [0.15, 0.2) is 132 Å². The van der Waals surface area contributed by atoms with Crippen molar-refractivity contribution in [1.82, 2.24) is 90.4 Å². The van der Waals surface area contributed by atoms with E-state index in [1.54, 1.807) is 0 Å². The fourth-order valence-electron chi connectivity index (χ4n) is 18.1. The quantitative estimate of drug-likeness (QED) is 0.0138. The Balaban J connectivity index is 0.000000152. The zero-order valence-corrected chi connectivity index (χ0v) is 79.3. The largest absolute Gasteiger partial charge is 0.522 e. The number of fused-ring (bicyclic) bond motifs is 4. The lowest BCUT2D eigenvalue weighted by Gasteiger charge is -2.37. The van der Waals surface area contributed by atoms with Gasteiger partial charge in [-0.25, -0.2) is 4.98 Å². The van der Waals surface area contributed by atoms with E-state index >= 15 is 0 Å². The van der Waals surface area contributed by atoms with Crippen LogP contribution in [0.1, 0.15) is 202 Å². The average molecular weight is 1880 g/mol. The van der Waals surface area contributed by atoms with E-state index in [-0.39, 0.29) is 79.0 Å². The smallest absolute Gasteiger partial charge is 0.420 e. The van der Waals surface area contributed by atoms with E-state index < -0.39 is 12.7 Å². The molecule has 29 nitrogen and oxygen atoms in total. The van der Waals surface area contributed by atoms with Crippen LogP contribution in [0.2, 0.25) is 0 Å². The van der Waals surface area contributed by atoms with Crippen molar-refractivity contribution in [1.29, 1.82) is 0 Å². The number of nitrogens with one attached hydrogen (secondary N) is 7. The summed E-state index contributed by atoms with van der Waals surface area (Å²) in [4.78, 5) is 95.6. The maximum absolute atomic E-state index is 13.1. The molecule has 6 unspecified atom stereocenters. The van der Waals surface area contributed by atoms with Gasteiger partial charge in [-0.1, -0.05) is 163 Å². The summed E-state index contributed by atoms with van der Waals surface area (Å²) in [5.74, 6) is 2.52. The molecule has 12 aromatic rings. The molecule has 724 valence electrons. The molecule has 0 bridgehead atoms. The number of amides is 1. The van der Waals surface area contributed by atoms with Crippen LogP contribution >= 0.6 is 11.3 Å². The number of benzene rings is 4. The van der Waals surface area contributed by atoms with Crippen LogP contribution in [-0.2, 0) is 35.2 Å². The molecule has 4 fully saturated rings. The Kier molecular flexibility index (Phi) is 36.8. The third-order valence-corrected chi connectivity index (χ3v) is 27.2. The number of rotatable bonds is 41. The van der Waals surface area contributed by atoms with E-state index in [4.69, 9.17) is 4.42 Å². The van der Waals surface area contributed by atoms with Gasteiger partial charge in [-0.05, 0) is 144 Å². The average Bonchev–Trinajstić information content (AvgIpc) is 1.69. The molecule has 4 aromatic carbocycles. The fraction of sp³-hybridized carbons (Fsp3) is 0.541. The highest BCUT2D eigenvalue weighted by Gasteiger charge is 2.34. The number of aromatic nitrogens is 13. The molecule has 0 radical (unpaired) electrons.